The van der Waals surface area contributed by atoms with Crippen LogP contribution in [0.15, 0.2) is 18.2 Å². The SMILES string of the molecule is Cc1cccc(C(=O)N(C)C2CCCC2CN)n1. The molecule has 1 aromatic rings. The minimum absolute atomic E-state index is 0.00375. The largest absolute Gasteiger partial charge is 0.337 e. The Morgan fingerprint density at radius 1 is 1.50 bits per heavy atom. The van der Waals surface area contributed by atoms with Crippen molar-refractivity contribution in [3.63, 3.8) is 0 Å². The molecule has 0 radical (unpaired) electrons. The molecule has 1 heterocycles. The Labute approximate surface area is 108 Å². The topological polar surface area (TPSA) is 59.2 Å². The molecule has 1 saturated carbocycles. The van der Waals surface area contributed by atoms with Gasteiger partial charge in [0.15, 0.2) is 0 Å². The summed E-state index contributed by atoms with van der Waals surface area (Å²) in [5.41, 5.74) is 7.17. The van der Waals surface area contributed by atoms with Crippen LogP contribution in [0.25, 0.3) is 0 Å². The van der Waals surface area contributed by atoms with Crippen LogP contribution in [-0.4, -0.2) is 35.4 Å². The molecule has 1 aliphatic rings. The molecule has 2 unspecified atom stereocenters. The van der Waals surface area contributed by atoms with Crippen LogP contribution in [0.1, 0.15) is 35.4 Å². The van der Waals surface area contributed by atoms with Gasteiger partial charge in [0.05, 0.1) is 0 Å². The Morgan fingerprint density at radius 3 is 2.94 bits per heavy atom. The molecule has 4 heteroatoms. The van der Waals surface area contributed by atoms with Crippen LogP contribution < -0.4 is 5.73 Å². The van der Waals surface area contributed by atoms with E-state index < -0.39 is 0 Å². The molecular weight excluding hydrogens is 226 g/mol. The fourth-order valence-corrected chi connectivity index (χ4v) is 2.80. The Kier molecular flexibility index (Phi) is 3.97. The van der Waals surface area contributed by atoms with Gasteiger partial charge in [-0.05, 0) is 44.4 Å². The average Bonchev–Trinajstić information content (AvgIpc) is 2.85. The Bertz CT molecular complexity index is 433. The van der Waals surface area contributed by atoms with E-state index in [1.54, 1.807) is 6.07 Å². The van der Waals surface area contributed by atoms with E-state index in [9.17, 15) is 4.79 Å². The van der Waals surface area contributed by atoms with E-state index in [0.29, 0.717) is 18.2 Å². The molecule has 1 fully saturated rings. The smallest absolute Gasteiger partial charge is 0.272 e. The van der Waals surface area contributed by atoms with Crippen molar-refractivity contribution in [2.24, 2.45) is 11.7 Å². The third-order valence-corrected chi connectivity index (χ3v) is 3.85. The van der Waals surface area contributed by atoms with Crippen molar-refractivity contribution < 1.29 is 4.79 Å². The summed E-state index contributed by atoms with van der Waals surface area (Å²) in [4.78, 5) is 18.5. The third kappa shape index (κ3) is 2.53. The minimum atomic E-state index is 0.00375. The van der Waals surface area contributed by atoms with Crippen molar-refractivity contribution in [2.75, 3.05) is 13.6 Å². The number of pyridine rings is 1. The van der Waals surface area contributed by atoms with E-state index in [0.717, 1.165) is 25.0 Å². The molecule has 0 saturated heterocycles. The highest BCUT2D eigenvalue weighted by Gasteiger charge is 2.32. The number of aromatic nitrogens is 1. The first-order valence-electron chi connectivity index (χ1n) is 6.54. The molecule has 0 aromatic carbocycles. The second-order valence-corrected chi connectivity index (χ2v) is 5.07. The summed E-state index contributed by atoms with van der Waals surface area (Å²) >= 11 is 0. The predicted octanol–water partition coefficient (Wildman–Crippen LogP) is 1.59. The van der Waals surface area contributed by atoms with Gasteiger partial charge >= 0.3 is 0 Å². The summed E-state index contributed by atoms with van der Waals surface area (Å²) in [5, 5.41) is 0. The van der Waals surface area contributed by atoms with Crippen LogP contribution in [-0.2, 0) is 0 Å². The number of nitrogens with two attached hydrogens (primary N) is 1. The summed E-state index contributed by atoms with van der Waals surface area (Å²) in [6, 6.07) is 5.82. The van der Waals surface area contributed by atoms with Gasteiger partial charge < -0.3 is 10.6 Å². The van der Waals surface area contributed by atoms with Gasteiger partial charge in [-0.15, -0.1) is 0 Å². The van der Waals surface area contributed by atoms with Crippen molar-refractivity contribution in [1.82, 2.24) is 9.88 Å². The van der Waals surface area contributed by atoms with Gasteiger partial charge in [0.25, 0.3) is 5.91 Å². The summed E-state index contributed by atoms with van der Waals surface area (Å²) < 4.78 is 0. The van der Waals surface area contributed by atoms with Crippen molar-refractivity contribution in [1.29, 1.82) is 0 Å². The fourth-order valence-electron chi connectivity index (χ4n) is 2.80. The van der Waals surface area contributed by atoms with Gasteiger partial charge in [0.2, 0.25) is 0 Å². The van der Waals surface area contributed by atoms with E-state index in [1.165, 1.54) is 0 Å². The first-order valence-corrected chi connectivity index (χ1v) is 6.54. The number of aryl methyl sites for hydroxylation is 1. The summed E-state index contributed by atoms with van der Waals surface area (Å²) in [6.07, 6.45) is 3.33. The molecule has 0 bridgehead atoms. The highest BCUT2D eigenvalue weighted by molar-refractivity contribution is 5.92. The molecule has 18 heavy (non-hydrogen) atoms. The Hall–Kier alpha value is -1.42. The maximum Gasteiger partial charge on any atom is 0.272 e. The van der Waals surface area contributed by atoms with Crippen molar-refractivity contribution in [3.8, 4) is 0 Å². The highest BCUT2D eigenvalue weighted by atomic mass is 16.2. The molecule has 0 spiro atoms. The number of hydrogen-bond acceptors (Lipinski definition) is 3. The van der Waals surface area contributed by atoms with Gasteiger partial charge in [-0.3, -0.25) is 4.79 Å². The molecule has 2 N–H and O–H groups in total. The standard InChI is InChI=1S/C14H21N3O/c1-10-5-3-7-12(16-10)14(18)17(2)13-8-4-6-11(13)9-15/h3,5,7,11,13H,4,6,8-9,15H2,1-2H3. The Morgan fingerprint density at radius 2 is 2.28 bits per heavy atom. The molecule has 2 rings (SSSR count). The number of carbonyl (C=O) groups is 1. The highest BCUT2D eigenvalue weighted by Crippen LogP contribution is 2.29. The molecule has 4 nitrogen and oxygen atoms in total. The van der Waals surface area contributed by atoms with E-state index in [1.807, 2.05) is 31.0 Å². The zero-order valence-electron chi connectivity index (χ0n) is 11.1. The average molecular weight is 247 g/mol. The molecule has 98 valence electrons. The summed E-state index contributed by atoms with van der Waals surface area (Å²) in [6.45, 7) is 2.55. The Balaban J connectivity index is 2.13. The van der Waals surface area contributed by atoms with Crippen LogP contribution in [0.2, 0.25) is 0 Å². The third-order valence-electron chi connectivity index (χ3n) is 3.85. The molecule has 2 atom stereocenters. The summed E-state index contributed by atoms with van der Waals surface area (Å²) in [5.74, 6) is 0.438. The van der Waals surface area contributed by atoms with Crippen molar-refractivity contribution in [2.45, 2.75) is 32.2 Å². The van der Waals surface area contributed by atoms with Gasteiger partial charge in [0, 0.05) is 18.8 Å². The maximum atomic E-state index is 12.4. The number of hydrogen-bond donors (Lipinski definition) is 1. The van der Waals surface area contributed by atoms with Gasteiger partial charge in [-0.25, -0.2) is 4.98 Å². The monoisotopic (exact) mass is 247 g/mol. The predicted molar refractivity (Wildman–Crippen MR) is 71.3 cm³/mol. The molecule has 0 aliphatic heterocycles. The fraction of sp³-hybridized carbons (Fsp3) is 0.571. The van der Waals surface area contributed by atoms with Crippen molar-refractivity contribution in [3.05, 3.63) is 29.6 Å². The summed E-state index contributed by atoms with van der Waals surface area (Å²) in [7, 11) is 1.87. The van der Waals surface area contributed by atoms with Crippen molar-refractivity contribution >= 4 is 5.91 Å². The lowest BCUT2D eigenvalue weighted by Gasteiger charge is -2.29. The van der Waals surface area contributed by atoms with E-state index >= 15 is 0 Å². The maximum absolute atomic E-state index is 12.4. The van der Waals surface area contributed by atoms with Crippen LogP contribution in [0, 0.1) is 12.8 Å². The van der Waals surface area contributed by atoms with Gasteiger partial charge in [0.1, 0.15) is 5.69 Å². The van der Waals surface area contributed by atoms with Crippen LogP contribution in [0.4, 0.5) is 0 Å². The second-order valence-electron chi connectivity index (χ2n) is 5.07. The quantitative estimate of drug-likeness (QED) is 0.882. The van der Waals surface area contributed by atoms with E-state index in [2.05, 4.69) is 4.98 Å². The molecule has 1 amide bonds. The normalized spacial score (nSPS) is 23.1. The second kappa shape index (κ2) is 5.48. The minimum Gasteiger partial charge on any atom is -0.337 e. The lowest BCUT2D eigenvalue weighted by molar-refractivity contribution is 0.0693. The number of carbonyl (C=O) groups excluding carboxylic acids is 1. The first kappa shape index (κ1) is 13.0. The van der Waals surface area contributed by atoms with Crippen LogP contribution >= 0.6 is 0 Å². The van der Waals surface area contributed by atoms with Crippen LogP contribution in [0.5, 0.6) is 0 Å². The lowest BCUT2D eigenvalue weighted by Crippen LogP contribution is -2.41. The zero-order chi connectivity index (χ0) is 13.1. The van der Waals surface area contributed by atoms with E-state index in [4.69, 9.17) is 5.73 Å². The molecule has 1 aliphatic carbocycles. The number of amides is 1. The van der Waals surface area contributed by atoms with E-state index in [-0.39, 0.29) is 11.9 Å². The molecular formula is C14H21N3O. The van der Waals surface area contributed by atoms with Gasteiger partial charge in [-0.2, -0.15) is 0 Å². The molecule has 1 aromatic heterocycles. The van der Waals surface area contributed by atoms with Gasteiger partial charge in [-0.1, -0.05) is 12.5 Å². The first-order chi connectivity index (χ1) is 8.63. The number of nitrogens with zero attached hydrogens (tertiary/aromatic N) is 2. The number of rotatable bonds is 3. The van der Waals surface area contributed by atoms with Crippen LogP contribution in [0.3, 0.4) is 0 Å². The lowest BCUT2D eigenvalue weighted by atomic mass is 10.0. The zero-order valence-corrected chi connectivity index (χ0v) is 11.1.